The molecule has 1 aromatic heterocycles. The number of carbonyl (C=O) groups is 1. The Balaban J connectivity index is 2.28. The zero-order chi connectivity index (χ0) is 13.1. The molecule has 1 atom stereocenters. The van der Waals surface area contributed by atoms with Gasteiger partial charge >= 0.3 is 0 Å². The summed E-state index contributed by atoms with van der Waals surface area (Å²) in [5.41, 5.74) is 6.29. The summed E-state index contributed by atoms with van der Waals surface area (Å²) in [5, 5.41) is 3.14. The number of para-hydroxylation sites is 1. The Labute approximate surface area is 126 Å². The second-order valence-electron chi connectivity index (χ2n) is 3.60. The van der Waals surface area contributed by atoms with E-state index >= 15 is 0 Å². The molecule has 0 bridgehead atoms. The molecule has 1 heterocycles. The topological polar surface area (TPSA) is 55.1 Å². The van der Waals surface area contributed by atoms with E-state index in [4.69, 9.17) is 5.73 Å². The smallest absolute Gasteiger partial charge is 0.245 e. The first kappa shape index (κ1) is 13.6. The minimum atomic E-state index is -0.528. The highest BCUT2D eigenvalue weighted by Crippen LogP contribution is 2.31. The summed E-state index contributed by atoms with van der Waals surface area (Å²) >= 11 is 8.30. The van der Waals surface area contributed by atoms with Crippen molar-refractivity contribution < 1.29 is 4.79 Å². The van der Waals surface area contributed by atoms with E-state index in [1.165, 1.54) is 11.3 Å². The summed E-state index contributed by atoms with van der Waals surface area (Å²) in [7, 11) is 0. The zero-order valence-corrected chi connectivity index (χ0v) is 13.2. The third-order valence-corrected chi connectivity index (χ3v) is 4.72. The van der Waals surface area contributed by atoms with Crippen LogP contribution in [-0.2, 0) is 4.79 Å². The quantitative estimate of drug-likeness (QED) is 0.832. The van der Waals surface area contributed by atoms with Gasteiger partial charge in [-0.2, -0.15) is 0 Å². The summed E-state index contributed by atoms with van der Waals surface area (Å²) in [5.74, 6) is -0.403. The van der Waals surface area contributed by atoms with Crippen LogP contribution in [0.4, 0.5) is 5.69 Å². The van der Waals surface area contributed by atoms with Crippen molar-refractivity contribution in [3.8, 4) is 0 Å². The van der Waals surface area contributed by atoms with E-state index in [0.29, 0.717) is 0 Å². The van der Waals surface area contributed by atoms with Gasteiger partial charge in [0.15, 0.2) is 0 Å². The van der Waals surface area contributed by atoms with Crippen LogP contribution in [-0.4, -0.2) is 5.91 Å². The third kappa shape index (κ3) is 3.13. The van der Waals surface area contributed by atoms with Crippen LogP contribution in [0.3, 0.4) is 0 Å². The number of hydrogen-bond donors (Lipinski definition) is 2. The lowest BCUT2D eigenvalue weighted by Gasteiger charge is -2.16. The van der Waals surface area contributed by atoms with Gasteiger partial charge in [-0.1, -0.05) is 12.1 Å². The lowest BCUT2D eigenvalue weighted by atomic mass is 10.2. The summed E-state index contributed by atoms with van der Waals surface area (Å²) < 4.78 is 1.87. The molecule has 3 N–H and O–H groups in total. The van der Waals surface area contributed by atoms with Gasteiger partial charge in [0.1, 0.15) is 6.04 Å². The Morgan fingerprint density at radius 2 is 1.94 bits per heavy atom. The van der Waals surface area contributed by atoms with E-state index in [-0.39, 0.29) is 0 Å². The van der Waals surface area contributed by atoms with Crippen LogP contribution < -0.4 is 11.1 Å². The van der Waals surface area contributed by atoms with Gasteiger partial charge in [-0.3, -0.25) is 4.79 Å². The van der Waals surface area contributed by atoms with Crippen molar-refractivity contribution in [2.75, 3.05) is 5.32 Å². The number of primary amides is 1. The second-order valence-corrected chi connectivity index (χ2v) is 6.95. The molecular weight excluding hydrogens is 380 g/mol. The molecule has 2 rings (SSSR count). The number of amides is 1. The van der Waals surface area contributed by atoms with Gasteiger partial charge in [0.2, 0.25) is 5.91 Å². The summed E-state index contributed by atoms with van der Waals surface area (Å²) in [4.78, 5) is 12.4. The number of halogens is 2. The predicted octanol–water partition coefficient (Wildman–Crippen LogP) is 3.91. The van der Waals surface area contributed by atoms with Gasteiger partial charge in [-0.25, -0.2) is 0 Å². The van der Waals surface area contributed by atoms with Crippen LogP contribution >= 0.6 is 43.2 Å². The van der Waals surface area contributed by atoms with E-state index in [1.807, 2.05) is 36.4 Å². The first-order chi connectivity index (χ1) is 8.58. The van der Waals surface area contributed by atoms with Crippen molar-refractivity contribution >= 4 is 54.8 Å². The van der Waals surface area contributed by atoms with Gasteiger partial charge in [0.05, 0.1) is 3.79 Å². The molecule has 0 saturated heterocycles. The zero-order valence-electron chi connectivity index (χ0n) is 9.19. The predicted molar refractivity (Wildman–Crippen MR) is 81.7 cm³/mol. The van der Waals surface area contributed by atoms with Gasteiger partial charge in [-0.15, -0.1) is 11.3 Å². The number of carbonyl (C=O) groups excluding carboxylic acids is 1. The molecule has 0 aliphatic heterocycles. The minimum absolute atomic E-state index is 0.403. The SMILES string of the molecule is NC(=O)C(Nc1ccccc1Br)c1ccc(Br)s1. The molecule has 1 amide bonds. The number of rotatable bonds is 4. The van der Waals surface area contributed by atoms with E-state index in [0.717, 1.165) is 18.8 Å². The Kier molecular flexibility index (Phi) is 4.42. The van der Waals surface area contributed by atoms with Gasteiger partial charge < -0.3 is 11.1 Å². The summed E-state index contributed by atoms with van der Waals surface area (Å²) in [6.45, 7) is 0. The van der Waals surface area contributed by atoms with Gasteiger partial charge in [0.25, 0.3) is 0 Å². The molecular formula is C12H10Br2N2OS. The lowest BCUT2D eigenvalue weighted by Crippen LogP contribution is -2.27. The summed E-state index contributed by atoms with van der Waals surface area (Å²) in [6, 6.07) is 10.9. The highest BCUT2D eigenvalue weighted by Gasteiger charge is 2.20. The maximum atomic E-state index is 11.6. The number of anilines is 1. The van der Waals surface area contributed by atoms with Crippen molar-refractivity contribution in [1.29, 1.82) is 0 Å². The second kappa shape index (κ2) is 5.86. The monoisotopic (exact) mass is 388 g/mol. The third-order valence-electron chi connectivity index (χ3n) is 2.34. The number of hydrogen-bond acceptors (Lipinski definition) is 3. The fraction of sp³-hybridized carbons (Fsp3) is 0.0833. The Bertz CT molecular complexity index is 571. The molecule has 3 nitrogen and oxygen atoms in total. The van der Waals surface area contributed by atoms with Crippen molar-refractivity contribution in [3.63, 3.8) is 0 Å². The van der Waals surface area contributed by atoms with Gasteiger partial charge in [-0.05, 0) is 56.1 Å². The van der Waals surface area contributed by atoms with Crippen molar-refractivity contribution in [1.82, 2.24) is 0 Å². The van der Waals surface area contributed by atoms with E-state index < -0.39 is 11.9 Å². The molecule has 0 radical (unpaired) electrons. The van der Waals surface area contributed by atoms with E-state index in [9.17, 15) is 4.79 Å². The first-order valence-corrected chi connectivity index (χ1v) is 7.54. The number of thiophene rings is 1. The van der Waals surface area contributed by atoms with Crippen LogP contribution in [0, 0.1) is 0 Å². The average molecular weight is 390 g/mol. The van der Waals surface area contributed by atoms with Crippen molar-refractivity contribution in [2.24, 2.45) is 5.73 Å². The minimum Gasteiger partial charge on any atom is -0.369 e. The molecule has 1 aromatic carbocycles. The lowest BCUT2D eigenvalue weighted by molar-refractivity contribution is -0.118. The molecule has 0 spiro atoms. The van der Waals surface area contributed by atoms with Crippen LogP contribution in [0.15, 0.2) is 44.7 Å². The Hall–Kier alpha value is -0.850. The molecule has 1 unspecified atom stereocenters. The molecule has 0 aliphatic rings. The van der Waals surface area contributed by atoms with Crippen molar-refractivity contribution in [2.45, 2.75) is 6.04 Å². The Morgan fingerprint density at radius 1 is 1.22 bits per heavy atom. The van der Waals surface area contributed by atoms with Gasteiger partial charge in [0, 0.05) is 15.0 Å². The standard InChI is InChI=1S/C12H10Br2N2OS/c13-7-3-1-2-4-8(7)16-11(12(15)17)9-5-6-10(14)18-9/h1-6,11,16H,(H2,15,17). The number of benzene rings is 1. The van der Waals surface area contributed by atoms with Crippen molar-refractivity contribution in [3.05, 3.63) is 49.5 Å². The van der Waals surface area contributed by atoms with Crippen LogP contribution in [0.2, 0.25) is 0 Å². The number of nitrogens with two attached hydrogens (primary N) is 1. The molecule has 0 saturated carbocycles. The molecule has 94 valence electrons. The number of nitrogens with one attached hydrogen (secondary N) is 1. The maximum Gasteiger partial charge on any atom is 0.245 e. The molecule has 2 aromatic rings. The highest BCUT2D eigenvalue weighted by molar-refractivity contribution is 9.11. The molecule has 0 aliphatic carbocycles. The van der Waals surface area contributed by atoms with Crippen LogP contribution in [0.5, 0.6) is 0 Å². The van der Waals surface area contributed by atoms with E-state index in [2.05, 4.69) is 37.2 Å². The fourth-order valence-electron chi connectivity index (χ4n) is 1.50. The van der Waals surface area contributed by atoms with E-state index in [1.54, 1.807) is 0 Å². The molecule has 18 heavy (non-hydrogen) atoms. The average Bonchev–Trinajstić information content (AvgIpc) is 2.74. The van der Waals surface area contributed by atoms with Crippen LogP contribution in [0.1, 0.15) is 10.9 Å². The van der Waals surface area contributed by atoms with Crippen LogP contribution in [0.25, 0.3) is 0 Å². The Morgan fingerprint density at radius 3 is 2.50 bits per heavy atom. The first-order valence-electron chi connectivity index (χ1n) is 5.13. The highest BCUT2D eigenvalue weighted by atomic mass is 79.9. The fourth-order valence-corrected chi connectivity index (χ4v) is 3.38. The normalized spacial score (nSPS) is 12.1. The largest absolute Gasteiger partial charge is 0.369 e. The maximum absolute atomic E-state index is 11.6. The molecule has 0 fully saturated rings. The summed E-state index contributed by atoms with van der Waals surface area (Å²) in [6.07, 6.45) is 0. The molecule has 6 heteroatoms.